The summed E-state index contributed by atoms with van der Waals surface area (Å²) in [5.41, 5.74) is 0. The van der Waals surface area contributed by atoms with Crippen LogP contribution in [0, 0.1) is 0 Å². The van der Waals surface area contributed by atoms with Crippen LogP contribution in [0.3, 0.4) is 0 Å². The number of hydrogen-bond donors (Lipinski definition) is 3. The van der Waals surface area contributed by atoms with Crippen LogP contribution in [-0.4, -0.2) is 60.5 Å². The topological polar surface area (TPSA) is 55.7 Å². The Morgan fingerprint density at radius 2 is 1.77 bits per heavy atom. The third-order valence-electron chi connectivity index (χ3n) is 2.50. The largest absolute Gasteiger partial charge is 0.395 e. The Morgan fingerprint density at radius 3 is 2.31 bits per heavy atom. The molecule has 4 nitrogen and oxygen atoms in total. The molecule has 0 atom stereocenters. The first-order valence-electron chi connectivity index (χ1n) is 5.04. The second-order valence-corrected chi connectivity index (χ2v) is 3.56. The summed E-state index contributed by atoms with van der Waals surface area (Å²) in [4.78, 5) is 2.40. The molecule has 1 saturated heterocycles. The lowest BCUT2D eigenvalue weighted by Gasteiger charge is -2.17. The van der Waals surface area contributed by atoms with Crippen molar-refractivity contribution in [2.24, 2.45) is 0 Å². The van der Waals surface area contributed by atoms with E-state index in [9.17, 15) is 0 Å². The Morgan fingerprint density at radius 1 is 1.15 bits per heavy atom. The van der Waals surface area contributed by atoms with Crippen LogP contribution in [-0.2, 0) is 0 Å². The van der Waals surface area contributed by atoms with Crippen LogP contribution in [0.2, 0.25) is 0 Å². The molecule has 0 radical (unpaired) electrons. The van der Waals surface area contributed by atoms with Crippen LogP contribution in [0.5, 0.6) is 0 Å². The third-order valence-corrected chi connectivity index (χ3v) is 2.50. The summed E-state index contributed by atoms with van der Waals surface area (Å²) >= 11 is 0. The lowest BCUT2D eigenvalue weighted by atomic mass is 10.3. The van der Waals surface area contributed by atoms with Gasteiger partial charge in [-0.15, -0.1) is 0 Å². The molecule has 1 aliphatic heterocycles. The van der Waals surface area contributed by atoms with E-state index in [-0.39, 0.29) is 19.3 Å². The summed E-state index contributed by atoms with van der Waals surface area (Å²) in [6.45, 7) is 4.30. The summed E-state index contributed by atoms with van der Waals surface area (Å²) in [6, 6.07) is -0.150. The Labute approximate surface area is 79.6 Å². The molecule has 0 amide bonds. The quantitative estimate of drug-likeness (QED) is 0.502. The zero-order valence-corrected chi connectivity index (χ0v) is 8.08. The summed E-state index contributed by atoms with van der Waals surface area (Å²) in [5.74, 6) is 0. The van der Waals surface area contributed by atoms with E-state index in [0.717, 1.165) is 13.1 Å². The average Bonchev–Trinajstić information content (AvgIpc) is 2.65. The van der Waals surface area contributed by atoms with Crippen molar-refractivity contribution in [3.8, 4) is 0 Å². The number of rotatable bonds is 6. The number of aliphatic hydroxyl groups excluding tert-OH is 2. The van der Waals surface area contributed by atoms with Gasteiger partial charge in [-0.2, -0.15) is 0 Å². The van der Waals surface area contributed by atoms with Crippen LogP contribution in [0.1, 0.15) is 12.8 Å². The van der Waals surface area contributed by atoms with Gasteiger partial charge in [0.1, 0.15) is 0 Å². The molecule has 0 bridgehead atoms. The van der Waals surface area contributed by atoms with E-state index in [0.29, 0.717) is 0 Å². The van der Waals surface area contributed by atoms with E-state index in [2.05, 4.69) is 10.2 Å². The lowest BCUT2D eigenvalue weighted by molar-refractivity contribution is 0.168. The molecule has 1 rings (SSSR count). The SMILES string of the molecule is OCC(CO)NCCN1CCCC1. The minimum Gasteiger partial charge on any atom is -0.395 e. The fourth-order valence-electron chi connectivity index (χ4n) is 1.62. The van der Waals surface area contributed by atoms with Crippen molar-refractivity contribution in [1.82, 2.24) is 10.2 Å². The maximum atomic E-state index is 8.78. The monoisotopic (exact) mass is 188 g/mol. The molecular formula is C9H20N2O2. The predicted molar refractivity (Wildman–Crippen MR) is 51.6 cm³/mol. The van der Waals surface area contributed by atoms with Crippen LogP contribution < -0.4 is 5.32 Å². The highest BCUT2D eigenvalue weighted by Gasteiger charge is 2.11. The molecule has 1 heterocycles. The fraction of sp³-hybridized carbons (Fsp3) is 1.00. The van der Waals surface area contributed by atoms with E-state index in [4.69, 9.17) is 10.2 Å². The molecule has 1 aliphatic rings. The molecule has 0 aromatic rings. The maximum absolute atomic E-state index is 8.78. The van der Waals surface area contributed by atoms with E-state index < -0.39 is 0 Å². The van der Waals surface area contributed by atoms with Crippen LogP contribution >= 0.6 is 0 Å². The molecule has 13 heavy (non-hydrogen) atoms. The van der Waals surface area contributed by atoms with Crippen molar-refractivity contribution in [2.75, 3.05) is 39.4 Å². The molecule has 4 heteroatoms. The zero-order valence-electron chi connectivity index (χ0n) is 8.08. The number of aliphatic hydroxyl groups is 2. The van der Waals surface area contributed by atoms with Crippen LogP contribution in [0.25, 0.3) is 0 Å². The van der Waals surface area contributed by atoms with Crippen molar-refractivity contribution >= 4 is 0 Å². The molecule has 0 saturated carbocycles. The van der Waals surface area contributed by atoms with E-state index in [1.165, 1.54) is 25.9 Å². The summed E-state index contributed by atoms with van der Waals surface area (Å²) in [6.07, 6.45) is 2.62. The molecule has 78 valence electrons. The van der Waals surface area contributed by atoms with Gasteiger partial charge in [-0.25, -0.2) is 0 Å². The van der Waals surface area contributed by atoms with Crippen LogP contribution in [0.15, 0.2) is 0 Å². The molecule has 0 aliphatic carbocycles. The van der Waals surface area contributed by atoms with Crippen LogP contribution in [0.4, 0.5) is 0 Å². The van der Waals surface area contributed by atoms with Gasteiger partial charge in [-0.1, -0.05) is 0 Å². The Bertz CT molecular complexity index is 121. The normalized spacial score (nSPS) is 18.7. The second-order valence-electron chi connectivity index (χ2n) is 3.56. The highest BCUT2D eigenvalue weighted by molar-refractivity contribution is 4.69. The van der Waals surface area contributed by atoms with Crippen molar-refractivity contribution in [3.63, 3.8) is 0 Å². The van der Waals surface area contributed by atoms with E-state index >= 15 is 0 Å². The molecule has 0 aromatic carbocycles. The standard InChI is InChI=1S/C9H20N2O2/c12-7-9(8-13)10-3-6-11-4-1-2-5-11/h9-10,12-13H,1-8H2. The van der Waals surface area contributed by atoms with Crippen molar-refractivity contribution in [1.29, 1.82) is 0 Å². The van der Waals surface area contributed by atoms with Crippen molar-refractivity contribution in [2.45, 2.75) is 18.9 Å². The first-order chi connectivity index (χ1) is 6.36. The van der Waals surface area contributed by atoms with Gasteiger partial charge >= 0.3 is 0 Å². The van der Waals surface area contributed by atoms with E-state index in [1.54, 1.807) is 0 Å². The zero-order chi connectivity index (χ0) is 9.52. The molecular weight excluding hydrogens is 168 g/mol. The molecule has 0 unspecified atom stereocenters. The number of nitrogens with one attached hydrogen (secondary N) is 1. The minimum atomic E-state index is -0.150. The Hall–Kier alpha value is -0.160. The van der Waals surface area contributed by atoms with Gasteiger partial charge in [-0.3, -0.25) is 0 Å². The highest BCUT2D eigenvalue weighted by atomic mass is 16.3. The van der Waals surface area contributed by atoms with Gasteiger partial charge in [0.25, 0.3) is 0 Å². The molecule has 1 fully saturated rings. The Balaban J connectivity index is 1.98. The van der Waals surface area contributed by atoms with Gasteiger partial charge in [0, 0.05) is 13.1 Å². The van der Waals surface area contributed by atoms with Gasteiger partial charge in [0.2, 0.25) is 0 Å². The fourth-order valence-corrected chi connectivity index (χ4v) is 1.62. The third kappa shape index (κ3) is 4.04. The number of nitrogens with zero attached hydrogens (tertiary/aromatic N) is 1. The maximum Gasteiger partial charge on any atom is 0.0607 e. The smallest absolute Gasteiger partial charge is 0.0607 e. The number of hydrogen-bond acceptors (Lipinski definition) is 4. The van der Waals surface area contributed by atoms with Gasteiger partial charge in [-0.05, 0) is 25.9 Å². The predicted octanol–water partition coefficient (Wildman–Crippen LogP) is -0.975. The van der Waals surface area contributed by atoms with Gasteiger partial charge in [0.05, 0.1) is 19.3 Å². The summed E-state index contributed by atoms with van der Waals surface area (Å²) in [7, 11) is 0. The first kappa shape index (κ1) is 10.9. The second kappa shape index (κ2) is 6.32. The summed E-state index contributed by atoms with van der Waals surface area (Å²) in [5, 5.41) is 20.7. The highest BCUT2D eigenvalue weighted by Crippen LogP contribution is 2.05. The van der Waals surface area contributed by atoms with Gasteiger partial charge in [0.15, 0.2) is 0 Å². The molecule has 0 spiro atoms. The lowest BCUT2D eigenvalue weighted by Crippen LogP contribution is -2.40. The van der Waals surface area contributed by atoms with Crippen molar-refractivity contribution in [3.05, 3.63) is 0 Å². The first-order valence-corrected chi connectivity index (χ1v) is 5.04. The minimum absolute atomic E-state index is 0.0104. The molecule has 3 N–H and O–H groups in total. The molecule has 0 aromatic heterocycles. The summed E-state index contributed by atoms with van der Waals surface area (Å²) < 4.78 is 0. The average molecular weight is 188 g/mol. The number of likely N-dealkylation sites (tertiary alicyclic amines) is 1. The Kier molecular flexibility index (Phi) is 5.31. The van der Waals surface area contributed by atoms with Crippen molar-refractivity contribution < 1.29 is 10.2 Å². The van der Waals surface area contributed by atoms with Gasteiger partial charge < -0.3 is 20.4 Å². The van der Waals surface area contributed by atoms with E-state index in [1.807, 2.05) is 0 Å².